The first-order chi connectivity index (χ1) is 9.59. The fourth-order valence-corrected chi connectivity index (χ4v) is 2.74. The summed E-state index contributed by atoms with van der Waals surface area (Å²) < 4.78 is 2.02. The molecular formula is C15H20N2O3. The average Bonchev–Trinajstić information content (AvgIpc) is 2.69. The summed E-state index contributed by atoms with van der Waals surface area (Å²) in [6.07, 6.45) is 8.11. The van der Waals surface area contributed by atoms with Crippen LogP contribution >= 0.6 is 0 Å². The predicted octanol–water partition coefficient (Wildman–Crippen LogP) is 2.11. The first kappa shape index (κ1) is 14.4. The van der Waals surface area contributed by atoms with Crippen molar-refractivity contribution in [2.45, 2.75) is 31.7 Å². The molecular weight excluding hydrogens is 256 g/mol. The molecule has 0 saturated carbocycles. The number of aryl methyl sites for hydroxylation is 1. The standard InChI is InChI=1S/C15H20N2O3/c1-16-10-5-7-12(16)13-6-3-2-4-11-17(13)14(18)8-9-15(19)20/h5,7-10,13H,2-4,6,11H2,1H3,(H,19,20)/b9-8+. The Kier molecular flexibility index (Phi) is 4.61. The SMILES string of the molecule is Cn1cccc1C1CCCCCN1C(=O)/C=C/C(=O)O. The lowest BCUT2D eigenvalue weighted by Crippen LogP contribution is -2.34. The van der Waals surface area contributed by atoms with E-state index >= 15 is 0 Å². The highest BCUT2D eigenvalue weighted by Crippen LogP contribution is 2.30. The number of carbonyl (C=O) groups is 2. The lowest BCUT2D eigenvalue weighted by atomic mass is 10.1. The Morgan fingerprint density at radius 1 is 1.30 bits per heavy atom. The molecule has 1 atom stereocenters. The van der Waals surface area contributed by atoms with Gasteiger partial charge in [-0.15, -0.1) is 0 Å². The number of nitrogens with zero attached hydrogens (tertiary/aromatic N) is 2. The van der Waals surface area contributed by atoms with E-state index in [9.17, 15) is 9.59 Å². The van der Waals surface area contributed by atoms with E-state index in [0.717, 1.165) is 43.5 Å². The van der Waals surface area contributed by atoms with Gasteiger partial charge in [0.2, 0.25) is 5.91 Å². The van der Waals surface area contributed by atoms with Crippen molar-refractivity contribution in [2.75, 3.05) is 6.54 Å². The molecule has 1 fully saturated rings. The maximum Gasteiger partial charge on any atom is 0.328 e. The molecule has 1 amide bonds. The number of carboxylic acids is 1. The van der Waals surface area contributed by atoms with Crippen molar-refractivity contribution in [3.63, 3.8) is 0 Å². The predicted molar refractivity (Wildman–Crippen MR) is 75.1 cm³/mol. The monoisotopic (exact) mass is 276 g/mol. The fourth-order valence-electron chi connectivity index (χ4n) is 2.74. The van der Waals surface area contributed by atoms with Crippen LogP contribution in [0.5, 0.6) is 0 Å². The number of hydrogen-bond donors (Lipinski definition) is 1. The van der Waals surface area contributed by atoms with Gasteiger partial charge in [0, 0.05) is 37.6 Å². The second kappa shape index (κ2) is 6.41. The van der Waals surface area contributed by atoms with E-state index in [1.165, 1.54) is 0 Å². The van der Waals surface area contributed by atoms with Crippen LogP contribution in [0.25, 0.3) is 0 Å². The molecule has 1 aromatic heterocycles. The van der Waals surface area contributed by atoms with Gasteiger partial charge in [-0.2, -0.15) is 0 Å². The molecule has 1 unspecified atom stereocenters. The van der Waals surface area contributed by atoms with Crippen molar-refractivity contribution >= 4 is 11.9 Å². The van der Waals surface area contributed by atoms with Gasteiger partial charge >= 0.3 is 5.97 Å². The minimum Gasteiger partial charge on any atom is -0.478 e. The van der Waals surface area contributed by atoms with E-state index in [1.807, 2.05) is 29.9 Å². The number of hydrogen-bond acceptors (Lipinski definition) is 2. The zero-order valence-electron chi connectivity index (χ0n) is 11.7. The minimum absolute atomic E-state index is 0.0310. The van der Waals surface area contributed by atoms with Gasteiger partial charge in [-0.1, -0.05) is 12.8 Å². The van der Waals surface area contributed by atoms with E-state index in [0.29, 0.717) is 6.54 Å². The molecule has 0 radical (unpaired) electrons. The van der Waals surface area contributed by atoms with Gasteiger partial charge in [0.1, 0.15) is 0 Å². The van der Waals surface area contributed by atoms with Crippen LogP contribution in [0, 0.1) is 0 Å². The molecule has 0 aliphatic carbocycles. The maximum atomic E-state index is 12.2. The number of amides is 1. The quantitative estimate of drug-likeness (QED) is 0.860. The Morgan fingerprint density at radius 2 is 2.10 bits per heavy atom. The Morgan fingerprint density at radius 3 is 2.75 bits per heavy atom. The number of aromatic nitrogens is 1. The molecule has 108 valence electrons. The Bertz CT molecular complexity index is 519. The van der Waals surface area contributed by atoms with Crippen molar-refractivity contribution < 1.29 is 14.7 Å². The minimum atomic E-state index is -1.09. The van der Waals surface area contributed by atoms with Crippen LogP contribution < -0.4 is 0 Å². The van der Waals surface area contributed by atoms with Gasteiger partial charge in [-0.25, -0.2) is 4.79 Å². The first-order valence-electron chi connectivity index (χ1n) is 6.92. The smallest absolute Gasteiger partial charge is 0.328 e. The summed E-state index contributed by atoms with van der Waals surface area (Å²) in [7, 11) is 1.97. The molecule has 0 spiro atoms. The third-order valence-corrected chi connectivity index (χ3v) is 3.73. The Hall–Kier alpha value is -2.04. The number of carboxylic acid groups (broad SMARTS) is 1. The largest absolute Gasteiger partial charge is 0.478 e. The molecule has 0 bridgehead atoms. The lowest BCUT2D eigenvalue weighted by molar-refractivity contribution is -0.132. The van der Waals surface area contributed by atoms with Crippen molar-refractivity contribution in [1.82, 2.24) is 9.47 Å². The summed E-state index contributed by atoms with van der Waals surface area (Å²) in [5.41, 5.74) is 1.10. The van der Waals surface area contributed by atoms with Crippen molar-refractivity contribution in [1.29, 1.82) is 0 Å². The van der Waals surface area contributed by atoms with Crippen LogP contribution in [-0.2, 0) is 16.6 Å². The Labute approximate surface area is 118 Å². The van der Waals surface area contributed by atoms with E-state index < -0.39 is 5.97 Å². The number of rotatable bonds is 3. The summed E-state index contributed by atoms with van der Waals surface area (Å²) in [4.78, 5) is 24.6. The third-order valence-electron chi connectivity index (χ3n) is 3.73. The molecule has 1 aromatic rings. The van der Waals surface area contributed by atoms with Crippen molar-refractivity contribution in [2.24, 2.45) is 7.05 Å². The molecule has 0 aromatic carbocycles. The summed E-state index contributed by atoms with van der Waals surface area (Å²) in [5.74, 6) is -1.32. The molecule has 5 nitrogen and oxygen atoms in total. The van der Waals surface area contributed by atoms with Crippen LogP contribution in [-0.4, -0.2) is 33.0 Å². The molecule has 20 heavy (non-hydrogen) atoms. The molecule has 5 heteroatoms. The zero-order chi connectivity index (χ0) is 14.5. The summed E-state index contributed by atoms with van der Waals surface area (Å²) in [5, 5.41) is 8.65. The third kappa shape index (κ3) is 3.29. The van der Waals surface area contributed by atoms with Crippen LogP contribution in [0.15, 0.2) is 30.5 Å². The van der Waals surface area contributed by atoms with Crippen molar-refractivity contribution in [3.8, 4) is 0 Å². The van der Waals surface area contributed by atoms with E-state index in [2.05, 4.69) is 0 Å². The second-order valence-electron chi connectivity index (χ2n) is 5.11. The molecule has 2 rings (SSSR count). The number of likely N-dealkylation sites (tertiary alicyclic amines) is 1. The maximum absolute atomic E-state index is 12.2. The highest BCUT2D eigenvalue weighted by molar-refractivity contribution is 5.94. The molecule has 1 aliphatic heterocycles. The van der Waals surface area contributed by atoms with Crippen LogP contribution in [0.3, 0.4) is 0 Å². The normalized spacial score (nSPS) is 20.1. The summed E-state index contributed by atoms with van der Waals surface area (Å²) >= 11 is 0. The van der Waals surface area contributed by atoms with Gasteiger partial charge in [-0.05, 0) is 25.0 Å². The highest BCUT2D eigenvalue weighted by Gasteiger charge is 2.26. The van der Waals surface area contributed by atoms with Crippen molar-refractivity contribution in [3.05, 3.63) is 36.2 Å². The summed E-state index contributed by atoms with van der Waals surface area (Å²) in [6, 6.07) is 4.02. The number of aliphatic carboxylic acids is 1. The topological polar surface area (TPSA) is 62.5 Å². The lowest BCUT2D eigenvalue weighted by Gasteiger charge is -2.29. The van der Waals surface area contributed by atoms with Gasteiger partial charge in [-0.3, -0.25) is 4.79 Å². The zero-order valence-corrected chi connectivity index (χ0v) is 11.7. The van der Waals surface area contributed by atoms with E-state index in [1.54, 1.807) is 4.90 Å². The van der Waals surface area contributed by atoms with E-state index in [-0.39, 0.29) is 11.9 Å². The number of carbonyl (C=O) groups excluding carboxylic acids is 1. The van der Waals surface area contributed by atoms with Gasteiger partial charge < -0.3 is 14.6 Å². The van der Waals surface area contributed by atoms with Crippen LogP contribution in [0.2, 0.25) is 0 Å². The molecule has 1 aliphatic rings. The van der Waals surface area contributed by atoms with Gasteiger partial charge in [0.05, 0.1) is 6.04 Å². The molecule has 1 saturated heterocycles. The average molecular weight is 276 g/mol. The van der Waals surface area contributed by atoms with Gasteiger partial charge in [0.25, 0.3) is 0 Å². The molecule has 1 N–H and O–H groups in total. The van der Waals surface area contributed by atoms with Crippen LogP contribution in [0.4, 0.5) is 0 Å². The summed E-state index contributed by atoms with van der Waals surface area (Å²) in [6.45, 7) is 0.679. The highest BCUT2D eigenvalue weighted by atomic mass is 16.4. The second-order valence-corrected chi connectivity index (χ2v) is 5.11. The Balaban J connectivity index is 2.24. The first-order valence-corrected chi connectivity index (χ1v) is 6.92. The van der Waals surface area contributed by atoms with E-state index in [4.69, 9.17) is 5.11 Å². The fraction of sp³-hybridized carbons (Fsp3) is 0.467. The molecule has 2 heterocycles. The van der Waals surface area contributed by atoms with Gasteiger partial charge in [0.15, 0.2) is 0 Å². The van der Waals surface area contributed by atoms with Crippen LogP contribution in [0.1, 0.15) is 37.4 Å².